The topological polar surface area (TPSA) is 109 Å². The Morgan fingerprint density at radius 3 is 2.66 bits per heavy atom. The third-order valence-corrected chi connectivity index (χ3v) is 8.55. The van der Waals surface area contributed by atoms with Gasteiger partial charge in [0, 0.05) is 35.4 Å². The van der Waals surface area contributed by atoms with Crippen molar-refractivity contribution >= 4 is 43.8 Å². The van der Waals surface area contributed by atoms with E-state index >= 15 is 0 Å². The highest BCUT2D eigenvalue weighted by Gasteiger charge is 2.46. The second-order valence-corrected chi connectivity index (χ2v) is 13.1. The van der Waals surface area contributed by atoms with Crippen LogP contribution in [0.1, 0.15) is 30.9 Å². The summed E-state index contributed by atoms with van der Waals surface area (Å²) >= 11 is 6.54. The van der Waals surface area contributed by atoms with Crippen LogP contribution >= 0.6 is 11.6 Å². The summed E-state index contributed by atoms with van der Waals surface area (Å²) in [7, 11) is -1.62. The van der Waals surface area contributed by atoms with E-state index in [-0.39, 0.29) is 24.8 Å². The summed E-state index contributed by atoms with van der Waals surface area (Å²) < 4.78 is 61.0. The van der Waals surface area contributed by atoms with Crippen LogP contribution in [0.4, 0.5) is 15.9 Å². The summed E-state index contributed by atoms with van der Waals surface area (Å²) in [5, 5.41) is 4.39. The Bertz CT molecular complexity index is 1780. The Morgan fingerprint density at radius 1 is 1.14 bits per heavy atom. The number of anilines is 2. The quantitative estimate of drug-likeness (QED) is 0.170. The predicted molar refractivity (Wildman–Crippen MR) is 168 cm³/mol. The molecule has 0 saturated heterocycles. The maximum atomic E-state index is 13.5. The number of hydrogen-bond donors (Lipinski definition) is 1. The SMILES string of the molecule is CCC(OCCS(C)(=O)=O)C1(c2cc3c(Nc4ccc(OCc5cccc(F)c5)c(Cl)c4)ncnc3cc2OC)CC=CO1. The molecule has 1 aliphatic rings. The van der Waals surface area contributed by atoms with Gasteiger partial charge < -0.3 is 24.3 Å². The van der Waals surface area contributed by atoms with Gasteiger partial charge in [-0.05, 0) is 54.5 Å². The van der Waals surface area contributed by atoms with Gasteiger partial charge in [-0.2, -0.15) is 0 Å². The van der Waals surface area contributed by atoms with Crippen molar-refractivity contribution < 1.29 is 31.8 Å². The molecule has 0 radical (unpaired) electrons. The van der Waals surface area contributed by atoms with Gasteiger partial charge in [0.05, 0.1) is 36.3 Å². The van der Waals surface area contributed by atoms with E-state index in [1.54, 1.807) is 43.7 Å². The number of rotatable bonds is 13. The second kappa shape index (κ2) is 13.4. The van der Waals surface area contributed by atoms with Crippen LogP contribution in [-0.4, -0.2) is 50.2 Å². The molecule has 1 aliphatic heterocycles. The molecular weight excluding hydrogens is 609 g/mol. The fraction of sp³-hybridized carbons (Fsp3) is 0.312. The highest BCUT2D eigenvalue weighted by Crippen LogP contribution is 2.46. The second-order valence-electron chi connectivity index (χ2n) is 10.5. The number of sulfone groups is 1. The maximum absolute atomic E-state index is 13.5. The lowest BCUT2D eigenvalue weighted by atomic mass is 9.83. The minimum absolute atomic E-state index is 0.0387. The number of halogens is 2. The summed E-state index contributed by atoms with van der Waals surface area (Å²) in [6.45, 7) is 2.17. The largest absolute Gasteiger partial charge is 0.496 e. The van der Waals surface area contributed by atoms with Crippen molar-refractivity contribution in [2.45, 2.75) is 38.1 Å². The number of ether oxygens (including phenoxy) is 4. The van der Waals surface area contributed by atoms with Gasteiger partial charge in [-0.3, -0.25) is 0 Å². The van der Waals surface area contributed by atoms with Crippen LogP contribution in [0.25, 0.3) is 10.9 Å². The van der Waals surface area contributed by atoms with Crippen LogP contribution in [-0.2, 0) is 31.5 Å². The third kappa shape index (κ3) is 7.06. The van der Waals surface area contributed by atoms with Gasteiger partial charge >= 0.3 is 0 Å². The molecule has 0 fully saturated rings. The van der Waals surface area contributed by atoms with Gasteiger partial charge in [-0.15, -0.1) is 0 Å². The standard InChI is InChI=1S/C32H33ClFN3O6S/c1-4-30(41-13-14-44(3,38)39)32(11-6-12-43-32)25-17-24-27(18-29(25)40-2)35-20-36-31(24)37-23-9-10-28(26(33)16-23)42-19-21-7-5-8-22(34)15-21/h5-10,12,15-18,20,30H,4,11,13-14,19H2,1-3H3,(H,35,36,37). The number of benzene rings is 3. The zero-order chi connectivity index (χ0) is 31.3. The van der Waals surface area contributed by atoms with E-state index in [0.29, 0.717) is 57.3 Å². The van der Waals surface area contributed by atoms with Gasteiger partial charge in [-0.25, -0.2) is 22.8 Å². The van der Waals surface area contributed by atoms with E-state index in [2.05, 4.69) is 15.3 Å². The van der Waals surface area contributed by atoms with Crippen LogP contribution in [0.3, 0.4) is 0 Å². The van der Waals surface area contributed by atoms with Crippen molar-refractivity contribution in [1.82, 2.24) is 9.97 Å². The lowest BCUT2D eigenvalue weighted by Crippen LogP contribution is -2.41. The van der Waals surface area contributed by atoms with Crippen molar-refractivity contribution in [2.75, 3.05) is 31.0 Å². The fourth-order valence-electron chi connectivity index (χ4n) is 5.22. The molecule has 0 spiro atoms. The van der Waals surface area contributed by atoms with Crippen molar-refractivity contribution in [3.8, 4) is 11.5 Å². The van der Waals surface area contributed by atoms with E-state index in [1.807, 2.05) is 25.1 Å². The van der Waals surface area contributed by atoms with E-state index in [9.17, 15) is 12.8 Å². The molecule has 0 bridgehead atoms. The van der Waals surface area contributed by atoms with E-state index in [4.69, 9.17) is 30.5 Å². The van der Waals surface area contributed by atoms with E-state index in [1.165, 1.54) is 24.7 Å². The summed E-state index contributed by atoms with van der Waals surface area (Å²) in [5.41, 5.74) is 1.75. The molecule has 2 unspecified atom stereocenters. The molecule has 0 aliphatic carbocycles. The Labute approximate surface area is 260 Å². The lowest BCUT2D eigenvalue weighted by molar-refractivity contribution is -0.108. The average Bonchev–Trinajstić information content (AvgIpc) is 3.49. The highest BCUT2D eigenvalue weighted by molar-refractivity contribution is 7.90. The number of nitrogens with one attached hydrogen (secondary N) is 1. The van der Waals surface area contributed by atoms with Crippen LogP contribution < -0.4 is 14.8 Å². The Hall–Kier alpha value is -3.93. The number of aromatic nitrogens is 2. The first-order valence-electron chi connectivity index (χ1n) is 14.0. The molecule has 0 amide bonds. The average molecular weight is 642 g/mol. The molecule has 2 atom stereocenters. The molecule has 4 aromatic rings. The zero-order valence-corrected chi connectivity index (χ0v) is 26.1. The molecule has 44 heavy (non-hydrogen) atoms. The van der Waals surface area contributed by atoms with Gasteiger partial charge in [0.1, 0.15) is 52.0 Å². The van der Waals surface area contributed by atoms with Gasteiger partial charge in [0.15, 0.2) is 5.60 Å². The monoisotopic (exact) mass is 641 g/mol. The van der Waals surface area contributed by atoms with Crippen LogP contribution in [0.2, 0.25) is 5.02 Å². The van der Waals surface area contributed by atoms with Crippen molar-refractivity contribution in [3.63, 3.8) is 0 Å². The summed E-state index contributed by atoms with van der Waals surface area (Å²) in [6.07, 6.45) is 6.77. The molecule has 1 aromatic heterocycles. The number of nitrogens with zero attached hydrogens (tertiary/aromatic N) is 2. The normalized spacial score (nSPS) is 16.9. The Balaban J connectivity index is 1.44. The van der Waals surface area contributed by atoms with E-state index in [0.717, 1.165) is 5.56 Å². The zero-order valence-electron chi connectivity index (χ0n) is 24.5. The minimum Gasteiger partial charge on any atom is -0.496 e. The summed E-state index contributed by atoms with van der Waals surface area (Å²) in [4.78, 5) is 8.96. The molecule has 12 heteroatoms. The number of hydrogen-bond acceptors (Lipinski definition) is 9. The van der Waals surface area contributed by atoms with Crippen molar-refractivity contribution in [3.05, 3.63) is 95.2 Å². The number of fused-ring (bicyclic) bond motifs is 1. The highest BCUT2D eigenvalue weighted by atomic mass is 35.5. The first-order valence-corrected chi connectivity index (χ1v) is 16.4. The molecule has 1 N–H and O–H groups in total. The Kier molecular flexibility index (Phi) is 9.57. The van der Waals surface area contributed by atoms with Crippen LogP contribution in [0.5, 0.6) is 11.5 Å². The lowest BCUT2D eigenvalue weighted by Gasteiger charge is -2.37. The van der Waals surface area contributed by atoms with Gasteiger partial charge in [0.2, 0.25) is 0 Å². The van der Waals surface area contributed by atoms with Crippen LogP contribution in [0.15, 0.2) is 73.3 Å². The van der Waals surface area contributed by atoms with Gasteiger partial charge in [0.25, 0.3) is 0 Å². The molecule has 9 nitrogen and oxygen atoms in total. The molecule has 0 saturated carbocycles. The first kappa shape index (κ1) is 31.5. The molecule has 232 valence electrons. The third-order valence-electron chi connectivity index (χ3n) is 7.35. The van der Waals surface area contributed by atoms with Crippen molar-refractivity contribution in [1.29, 1.82) is 0 Å². The predicted octanol–water partition coefficient (Wildman–Crippen LogP) is 6.72. The number of methoxy groups -OCH3 is 1. The van der Waals surface area contributed by atoms with Crippen molar-refractivity contribution in [2.24, 2.45) is 0 Å². The molecule has 5 rings (SSSR count). The molecular formula is C32H33ClFN3O6S. The molecule has 3 aromatic carbocycles. The van der Waals surface area contributed by atoms with E-state index < -0.39 is 21.5 Å². The fourth-order valence-corrected chi connectivity index (χ4v) is 5.86. The Morgan fingerprint density at radius 2 is 1.98 bits per heavy atom. The van der Waals surface area contributed by atoms with Gasteiger partial charge in [-0.1, -0.05) is 30.7 Å². The maximum Gasteiger partial charge on any atom is 0.166 e. The minimum atomic E-state index is -3.20. The van der Waals surface area contributed by atoms with Crippen LogP contribution in [0, 0.1) is 5.82 Å². The molecule has 2 heterocycles. The summed E-state index contributed by atoms with van der Waals surface area (Å²) in [5.74, 6) is 1.10. The smallest absolute Gasteiger partial charge is 0.166 e. The summed E-state index contributed by atoms with van der Waals surface area (Å²) in [6, 6.07) is 15.2. The first-order chi connectivity index (χ1) is 21.1.